The van der Waals surface area contributed by atoms with Gasteiger partial charge in [-0.25, -0.2) is 4.98 Å². The molecule has 0 amide bonds. The Morgan fingerprint density at radius 2 is 1.80 bits per heavy atom. The lowest BCUT2D eigenvalue weighted by molar-refractivity contribution is 1.40. The Morgan fingerprint density at radius 3 is 2.70 bits per heavy atom. The van der Waals surface area contributed by atoms with E-state index in [2.05, 4.69) is 46.8 Å². The number of hydrogen-bond acceptors (Lipinski definition) is 2. The molecule has 20 heavy (non-hydrogen) atoms. The normalized spacial score (nSPS) is 11.0. The molecule has 0 unspecified atom stereocenters. The van der Waals surface area contributed by atoms with E-state index in [0.29, 0.717) is 0 Å². The van der Waals surface area contributed by atoms with Crippen LogP contribution in [0.15, 0.2) is 66.2 Å². The minimum Gasteiger partial charge on any atom is -0.361 e. The summed E-state index contributed by atoms with van der Waals surface area (Å²) in [6.07, 6.45) is 1.96. The first-order valence-corrected chi connectivity index (χ1v) is 7.36. The zero-order valence-electron chi connectivity index (χ0n) is 10.7. The van der Waals surface area contributed by atoms with Crippen molar-refractivity contribution in [2.45, 2.75) is 0 Å². The van der Waals surface area contributed by atoms with Gasteiger partial charge in [-0.3, -0.25) is 0 Å². The van der Waals surface area contributed by atoms with Gasteiger partial charge >= 0.3 is 0 Å². The van der Waals surface area contributed by atoms with E-state index in [4.69, 9.17) is 4.98 Å². The van der Waals surface area contributed by atoms with Crippen LogP contribution in [0.5, 0.6) is 0 Å². The smallest absolute Gasteiger partial charge is 0.124 e. The van der Waals surface area contributed by atoms with E-state index in [-0.39, 0.29) is 0 Å². The van der Waals surface area contributed by atoms with Crippen molar-refractivity contribution in [3.63, 3.8) is 0 Å². The molecule has 4 rings (SSSR count). The average molecular weight is 276 g/mol. The lowest BCUT2D eigenvalue weighted by Crippen LogP contribution is -1.79. The minimum atomic E-state index is 1.03. The second-order valence-electron chi connectivity index (χ2n) is 4.68. The summed E-state index contributed by atoms with van der Waals surface area (Å²) in [5, 5.41) is 4.41. The van der Waals surface area contributed by atoms with Crippen LogP contribution < -0.4 is 0 Å². The summed E-state index contributed by atoms with van der Waals surface area (Å²) >= 11 is 1.68. The molecule has 0 saturated carbocycles. The van der Waals surface area contributed by atoms with E-state index >= 15 is 0 Å². The Hall–Kier alpha value is -2.39. The summed E-state index contributed by atoms with van der Waals surface area (Å²) in [5.41, 5.74) is 4.50. The molecule has 0 aliphatic rings. The third-order valence-electron chi connectivity index (χ3n) is 3.38. The predicted molar refractivity (Wildman–Crippen MR) is 84.8 cm³/mol. The van der Waals surface area contributed by atoms with Gasteiger partial charge in [0.25, 0.3) is 0 Å². The first-order chi connectivity index (χ1) is 9.90. The fraction of sp³-hybridized carbons (Fsp3) is 0. The fourth-order valence-corrected chi connectivity index (χ4v) is 3.16. The maximum Gasteiger partial charge on any atom is 0.124 e. The molecule has 2 heterocycles. The van der Waals surface area contributed by atoms with Gasteiger partial charge in [-0.1, -0.05) is 42.5 Å². The number of aromatic amines is 1. The van der Waals surface area contributed by atoms with Gasteiger partial charge in [0.1, 0.15) is 5.01 Å². The molecule has 0 bridgehead atoms. The SMILES string of the molecule is c1ccc(-c2nc(-c3ccc4cc[nH]c4c3)cs2)cc1. The lowest BCUT2D eigenvalue weighted by atomic mass is 10.1. The van der Waals surface area contributed by atoms with E-state index in [1.165, 1.54) is 10.9 Å². The van der Waals surface area contributed by atoms with Crippen LogP contribution in [0.3, 0.4) is 0 Å². The van der Waals surface area contributed by atoms with Crippen LogP contribution in [0.2, 0.25) is 0 Å². The highest BCUT2D eigenvalue weighted by atomic mass is 32.1. The first-order valence-electron chi connectivity index (χ1n) is 6.49. The fourth-order valence-electron chi connectivity index (χ4n) is 2.33. The van der Waals surface area contributed by atoms with E-state index in [0.717, 1.165) is 21.8 Å². The highest BCUT2D eigenvalue weighted by Gasteiger charge is 2.07. The molecular formula is C17H12N2S. The van der Waals surface area contributed by atoms with Crippen LogP contribution in [-0.4, -0.2) is 9.97 Å². The van der Waals surface area contributed by atoms with Crippen LogP contribution >= 0.6 is 11.3 Å². The van der Waals surface area contributed by atoms with Crippen LogP contribution in [0.4, 0.5) is 0 Å². The number of nitrogens with zero attached hydrogens (tertiary/aromatic N) is 1. The molecule has 0 spiro atoms. The third kappa shape index (κ3) is 1.92. The van der Waals surface area contributed by atoms with Crippen LogP contribution in [-0.2, 0) is 0 Å². The zero-order valence-corrected chi connectivity index (χ0v) is 11.5. The maximum atomic E-state index is 4.75. The molecule has 3 heteroatoms. The quantitative estimate of drug-likeness (QED) is 0.551. The number of aromatic nitrogens is 2. The standard InChI is InChI=1S/C17H12N2S/c1-2-4-13(5-3-1)17-19-16(11-20-17)14-7-6-12-8-9-18-15(12)10-14/h1-11,18H. The average Bonchev–Trinajstić information content (AvgIpc) is 3.16. The number of fused-ring (bicyclic) bond motifs is 1. The molecule has 0 radical (unpaired) electrons. The molecule has 0 atom stereocenters. The van der Waals surface area contributed by atoms with Gasteiger partial charge in [-0.15, -0.1) is 11.3 Å². The van der Waals surface area contributed by atoms with Crippen molar-refractivity contribution in [2.24, 2.45) is 0 Å². The molecule has 2 aromatic heterocycles. The zero-order chi connectivity index (χ0) is 13.4. The second kappa shape index (κ2) is 4.62. The summed E-state index contributed by atoms with van der Waals surface area (Å²) in [6.45, 7) is 0. The van der Waals surface area contributed by atoms with Crippen molar-refractivity contribution in [1.82, 2.24) is 9.97 Å². The van der Waals surface area contributed by atoms with E-state index < -0.39 is 0 Å². The van der Waals surface area contributed by atoms with Gasteiger partial charge in [-0.2, -0.15) is 0 Å². The predicted octanol–water partition coefficient (Wildman–Crippen LogP) is 4.96. The molecule has 0 saturated heterocycles. The minimum absolute atomic E-state index is 1.03. The summed E-state index contributed by atoms with van der Waals surface area (Å²) in [6, 6.07) is 18.8. The summed E-state index contributed by atoms with van der Waals surface area (Å²) in [4.78, 5) is 7.99. The largest absolute Gasteiger partial charge is 0.361 e. The topological polar surface area (TPSA) is 28.7 Å². The Kier molecular flexibility index (Phi) is 2.64. The summed E-state index contributed by atoms with van der Waals surface area (Å²) < 4.78 is 0. The molecule has 1 N–H and O–H groups in total. The second-order valence-corrected chi connectivity index (χ2v) is 5.54. The van der Waals surface area contributed by atoms with Crippen molar-refractivity contribution in [2.75, 3.05) is 0 Å². The van der Waals surface area contributed by atoms with Gasteiger partial charge in [0.05, 0.1) is 5.69 Å². The molecule has 2 nitrogen and oxygen atoms in total. The van der Waals surface area contributed by atoms with Gasteiger partial charge in [0.15, 0.2) is 0 Å². The molecular weight excluding hydrogens is 264 g/mol. The van der Waals surface area contributed by atoms with Gasteiger partial charge in [0, 0.05) is 28.2 Å². The highest BCUT2D eigenvalue weighted by molar-refractivity contribution is 7.13. The molecule has 4 aromatic rings. The Balaban J connectivity index is 1.77. The molecule has 0 aliphatic heterocycles. The Bertz CT molecular complexity index is 859. The summed E-state index contributed by atoms with van der Waals surface area (Å²) in [7, 11) is 0. The molecule has 0 aliphatic carbocycles. The van der Waals surface area contributed by atoms with Crippen molar-refractivity contribution in [1.29, 1.82) is 0 Å². The van der Waals surface area contributed by atoms with Crippen LogP contribution in [0, 0.1) is 0 Å². The first kappa shape index (κ1) is 11.4. The highest BCUT2D eigenvalue weighted by Crippen LogP contribution is 2.30. The van der Waals surface area contributed by atoms with Crippen molar-refractivity contribution in [3.05, 3.63) is 66.2 Å². The Morgan fingerprint density at radius 1 is 0.900 bits per heavy atom. The third-order valence-corrected chi connectivity index (χ3v) is 4.27. The Labute approximate surface area is 120 Å². The van der Waals surface area contributed by atoms with Crippen LogP contribution in [0.25, 0.3) is 32.7 Å². The molecule has 0 fully saturated rings. The van der Waals surface area contributed by atoms with E-state index in [1.807, 2.05) is 24.4 Å². The van der Waals surface area contributed by atoms with Crippen molar-refractivity contribution in [3.8, 4) is 21.8 Å². The number of hydrogen-bond donors (Lipinski definition) is 1. The number of nitrogens with one attached hydrogen (secondary N) is 1. The summed E-state index contributed by atoms with van der Waals surface area (Å²) in [5.74, 6) is 0. The van der Waals surface area contributed by atoms with Crippen LogP contribution in [0.1, 0.15) is 0 Å². The number of H-pyrrole nitrogens is 1. The number of thiazole rings is 1. The maximum absolute atomic E-state index is 4.75. The van der Waals surface area contributed by atoms with Gasteiger partial charge in [0.2, 0.25) is 0 Å². The van der Waals surface area contributed by atoms with Gasteiger partial charge < -0.3 is 4.98 Å². The van der Waals surface area contributed by atoms with Crippen molar-refractivity contribution >= 4 is 22.2 Å². The van der Waals surface area contributed by atoms with Gasteiger partial charge in [-0.05, 0) is 17.5 Å². The van der Waals surface area contributed by atoms with Crippen molar-refractivity contribution < 1.29 is 0 Å². The van der Waals surface area contributed by atoms with E-state index in [1.54, 1.807) is 11.3 Å². The number of benzene rings is 2. The number of rotatable bonds is 2. The monoisotopic (exact) mass is 276 g/mol. The lowest BCUT2D eigenvalue weighted by Gasteiger charge is -1.98. The molecule has 2 aromatic carbocycles. The molecule has 96 valence electrons. The van der Waals surface area contributed by atoms with E-state index in [9.17, 15) is 0 Å².